The number of ether oxygens (including phenoxy) is 1. The molecular formula is C16H26N2O. The van der Waals surface area contributed by atoms with Crippen molar-refractivity contribution >= 4 is 0 Å². The Bertz CT molecular complexity index is 384. The molecule has 106 valence electrons. The van der Waals surface area contributed by atoms with Crippen LogP contribution in [0.1, 0.15) is 25.3 Å². The normalized spacial score (nSPS) is 19.3. The first-order valence-corrected chi connectivity index (χ1v) is 7.32. The van der Waals surface area contributed by atoms with Crippen molar-refractivity contribution in [3.8, 4) is 5.75 Å². The van der Waals surface area contributed by atoms with E-state index in [1.165, 1.54) is 18.4 Å². The highest BCUT2D eigenvalue weighted by molar-refractivity contribution is 5.27. The van der Waals surface area contributed by atoms with E-state index in [9.17, 15) is 0 Å². The monoisotopic (exact) mass is 262 g/mol. The van der Waals surface area contributed by atoms with Crippen LogP contribution < -0.4 is 10.5 Å². The summed E-state index contributed by atoms with van der Waals surface area (Å²) in [5.41, 5.74) is 7.21. The first-order valence-electron chi connectivity index (χ1n) is 7.32. The SMILES string of the molecule is Cc1cccc(OCCN2CCC(C(C)N)CC2)c1. The molecule has 1 heterocycles. The van der Waals surface area contributed by atoms with Crippen molar-refractivity contribution in [2.75, 3.05) is 26.2 Å². The summed E-state index contributed by atoms with van der Waals surface area (Å²) >= 11 is 0. The smallest absolute Gasteiger partial charge is 0.119 e. The van der Waals surface area contributed by atoms with Gasteiger partial charge in [-0.1, -0.05) is 12.1 Å². The molecule has 0 aromatic heterocycles. The number of hydrogen-bond donors (Lipinski definition) is 1. The largest absolute Gasteiger partial charge is 0.492 e. The van der Waals surface area contributed by atoms with Crippen molar-refractivity contribution in [3.63, 3.8) is 0 Å². The second-order valence-electron chi connectivity index (χ2n) is 5.70. The molecule has 2 rings (SSSR count). The van der Waals surface area contributed by atoms with E-state index in [1.54, 1.807) is 0 Å². The van der Waals surface area contributed by atoms with Crippen LogP contribution in [0.3, 0.4) is 0 Å². The number of benzene rings is 1. The topological polar surface area (TPSA) is 38.5 Å². The Hall–Kier alpha value is -1.06. The average molecular weight is 262 g/mol. The summed E-state index contributed by atoms with van der Waals surface area (Å²) in [7, 11) is 0. The Labute approximate surface area is 116 Å². The molecule has 0 amide bonds. The number of aryl methyl sites for hydroxylation is 1. The van der Waals surface area contributed by atoms with E-state index in [-0.39, 0.29) is 0 Å². The molecule has 1 unspecified atom stereocenters. The molecule has 0 radical (unpaired) electrons. The third kappa shape index (κ3) is 4.51. The quantitative estimate of drug-likeness (QED) is 0.885. The maximum absolute atomic E-state index is 5.96. The van der Waals surface area contributed by atoms with Gasteiger partial charge in [0.25, 0.3) is 0 Å². The van der Waals surface area contributed by atoms with Gasteiger partial charge in [-0.25, -0.2) is 0 Å². The molecule has 1 aromatic rings. The van der Waals surface area contributed by atoms with Gasteiger partial charge in [0.05, 0.1) is 0 Å². The van der Waals surface area contributed by atoms with Crippen LogP contribution in [0.4, 0.5) is 0 Å². The zero-order chi connectivity index (χ0) is 13.7. The molecule has 2 N–H and O–H groups in total. The minimum Gasteiger partial charge on any atom is -0.492 e. The van der Waals surface area contributed by atoms with E-state index in [0.717, 1.165) is 32.0 Å². The molecule has 1 aromatic carbocycles. The fourth-order valence-corrected chi connectivity index (χ4v) is 2.70. The van der Waals surface area contributed by atoms with Crippen molar-refractivity contribution in [2.24, 2.45) is 11.7 Å². The maximum atomic E-state index is 5.96. The molecule has 0 spiro atoms. The number of hydrogen-bond acceptors (Lipinski definition) is 3. The Morgan fingerprint density at radius 1 is 1.37 bits per heavy atom. The van der Waals surface area contributed by atoms with E-state index < -0.39 is 0 Å². The molecule has 19 heavy (non-hydrogen) atoms. The molecule has 0 aliphatic carbocycles. The predicted molar refractivity (Wildman–Crippen MR) is 79.5 cm³/mol. The number of nitrogens with zero attached hydrogens (tertiary/aromatic N) is 1. The molecule has 1 atom stereocenters. The van der Waals surface area contributed by atoms with Crippen LogP contribution in [-0.4, -0.2) is 37.2 Å². The number of nitrogens with two attached hydrogens (primary N) is 1. The van der Waals surface area contributed by atoms with Gasteiger partial charge in [-0.15, -0.1) is 0 Å². The first-order chi connectivity index (χ1) is 9.15. The van der Waals surface area contributed by atoms with Crippen LogP contribution in [0.25, 0.3) is 0 Å². The highest BCUT2D eigenvalue weighted by Crippen LogP contribution is 2.19. The lowest BCUT2D eigenvalue weighted by atomic mass is 9.91. The second kappa shape index (κ2) is 6.92. The van der Waals surface area contributed by atoms with Crippen molar-refractivity contribution in [3.05, 3.63) is 29.8 Å². The second-order valence-corrected chi connectivity index (χ2v) is 5.70. The van der Waals surface area contributed by atoms with Gasteiger partial charge in [0.15, 0.2) is 0 Å². The highest BCUT2D eigenvalue weighted by atomic mass is 16.5. The van der Waals surface area contributed by atoms with Crippen LogP contribution in [0.15, 0.2) is 24.3 Å². The van der Waals surface area contributed by atoms with Gasteiger partial charge >= 0.3 is 0 Å². The van der Waals surface area contributed by atoms with Gasteiger partial charge in [-0.05, 0) is 63.4 Å². The maximum Gasteiger partial charge on any atom is 0.119 e. The first kappa shape index (κ1) is 14.4. The standard InChI is InChI=1S/C16H26N2O/c1-13-4-3-5-16(12-13)19-11-10-18-8-6-15(7-9-18)14(2)17/h3-5,12,14-15H,6-11,17H2,1-2H3. The molecule has 0 saturated carbocycles. The van der Waals surface area contributed by atoms with E-state index >= 15 is 0 Å². The van der Waals surface area contributed by atoms with Crippen molar-refractivity contribution in [1.29, 1.82) is 0 Å². The summed E-state index contributed by atoms with van der Waals surface area (Å²) in [6, 6.07) is 8.58. The Morgan fingerprint density at radius 3 is 2.74 bits per heavy atom. The lowest BCUT2D eigenvalue weighted by molar-refractivity contribution is 0.147. The third-order valence-electron chi connectivity index (χ3n) is 4.04. The van der Waals surface area contributed by atoms with Crippen LogP contribution in [0, 0.1) is 12.8 Å². The summed E-state index contributed by atoms with van der Waals surface area (Å²) in [4.78, 5) is 2.48. The number of likely N-dealkylation sites (tertiary alicyclic amines) is 1. The minimum atomic E-state index is 0.339. The molecular weight excluding hydrogens is 236 g/mol. The fourth-order valence-electron chi connectivity index (χ4n) is 2.70. The molecule has 1 aliphatic heterocycles. The van der Waals surface area contributed by atoms with Gasteiger partial charge < -0.3 is 10.5 Å². The zero-order valence-electron chi connectivity index (χ0n) is 12.1. The van der Waals surface area contributed by atoms with Gasteiger partial charge in [-0.3, -0.25) is 4.90 Å². The fraction of sp³-hybridized carbons (Fsp3) is 0.625. The van der Waals surface area contributed by atoms with E-state index in [4.69, 9.17) is 10.5 Å². The van der Waals surface area contributed by atoms with Gasteiger partial charge in [-0.2, -0.15) is 0 Å². The summed E-state index contributed by atoms with van der Waals surface area (Å²) in [6.45, 7) is 8.31. The van der Waals surface area contributed by atoms with E-state index in [1.807, 2.05) is 12.1 Å². The van der Waals surface area contributed by atoms with E-state index in [0.29, 0.717) is 12.0 Å². The Morgan fingerprint density at radius 2 is 2.11 bits per heavy atom. The Kier molecular flexibility index (Phi) is 5.23. The van der Waals surface area contributed by atoms with Crippen LogP contribution in [0.2, 0.25) is 0 Å². The number of piperidine rings is 1. The third-order valence-corrected chi connectivity index (χ3v) is 4.04. The molecule has 1 aliphatic rings. The number of rotatable bonds is 5. The minimum absolute atomic E-state index is 0.339. The molecule has 1 fully saturated rings. The van der Waals surface area contributed by atoms with Gasteiger partial charge in [0.1, 0.15) is 12.4 Å². The predicted octanol–water partition coefficient (Wildman–Crippen LogP) is 2.43. The van der Waals surface area contributed by atoms with Crippen molar-refractivity contribution in [1.82, 2.24) is 4.90 Å². The summed E-state index contributed by atoms with van der Waals surface area (Å²) in [6.07, 6.45) is 2.45. The van der Waals surface area contributed by atoms with Gasteiger partial charge in [0, 0.05) is 12.6 Å². The van der Waals surface area contributed by atoms with Crippen LogP contribution >= 0.6 is 0 Å². The van der Waals surface area contributed by atoms with Crippen molar-refractivity contribution in [2.45, 2.75) is 32.7 Å². The average Bonchev–Trinajstić information content (AvgIpc) is 2.39. The molecule has 1 saturated heterocycles. The van der Waals surface area contributed by atoms with Crippen molar-refractivity contribution < 1.29 is 4.74 Å². The van der Waals surface area contributed by atoms with Gasteiger partial charge in [0.2, 0.25) is 0 Å². The lowest BCUT2D eigenvalue weighted by Crippen LogP contribution is -2.41. The Balaban J connectivity index is 1.67. The van der Waals surface area contributed by atoms with Crippen LogP contribution in [-0.2, 0) is 0 Å². The van der Waals surface area contributed by atoms with Crippen LogP contribution in [0.5, 0.6) is 5.75 Å². The molecule has 3 nitrogen and oxygen atoms in total. The van der Waals surface area contributed by atoms with E-state index in [2.05, 4.69) is 30.9 Å². The summed E-state index contributed by atoms with van der Waals surface area (Å²) < 4.78 is 5.80. The summed E-state index contributed by atoms with van der Waals surface area (Å²) in [5.74, 6) is 1.68. The lowest BCUT2D eigenvalue weighted by Gasteiger charge is -2.33. The molecule has 0 bridgehead atoms. The molecule has 3 heteroatoms. The summed E-state index contributed by atoms with van der Waals surface area (Å²) in [5, 5.41) is 0. The zero-order valence-corrected chi connectivity index (χ0v) is 12.1. The highest BCUT2D eigenvalue weighted by Gasteiger charge is 2.21.